The Hall–Kier alpha value is -0.810. The molecule has 0 radical (unpaired) electrons. The molecular weight excluding hydrogens is 482 g/mol. The van der Waals surface area contributed by atoms with Gasteiger partial charge in [-0.2, -0.15) is 0 Å². The van der Waals surface area contributed by atoms with Crippen LogP contribution in [0, 0.1) is 5.92 Å². The van der Waals surface area contributed by atoms with Gasteiger partial charge in [0.1, 0.15) is 5.75 Å². The van der Waals surface area contributed by atoms with Crippen molar-refractivity contribution in [2.75, 3.05) is 12.3 Å². The molecule has 3 rings (SSSR count). The maximum atomic E-state index is 13.4. The molecule has 1 aromatic carbocycles. The number of nitrogens with zero attached hydrogens (tertiary/aromatic N) is 1. The van der Waals surface area contributed by atoms with Crippen molar-refractivity contribution in [3.63, 3.8) is 0 Å². The lowest BCUT2D eigenvalue weighted by molar-refractivity contribution is -0.133. The minimum absolute atomic E-state index is 0.117. The number of rotatable bonds is 7. The second-order valence-corrected chi connectivity index (χ2v) is 15.6. The van der Waals surface area contributed by atoms with Crippen LogP contribution in [-0.4, -0.2) is 44.8 Å². The van der Waals surface area contributed by atoms with Gasteiger partial charge in [0.25, 0.3) is 0 Å². The molecule has 3 nitrogen and oxygen atoms in total. The third kappa shape index (κ3) is 7.18. The average molecular weight is 534 g/mol. The Morgan fingerprint density at radius 2 is 1.50 bits per heavy atom. The summed E-state index contributed by atoms with van der Waals surface area (Å²) >= 11 is 3.89. The predicted molar refractivity (Wildman–Crippen MR) is 159 cm³/mol. The highest BCUT2D eigenvalue weighted by Crippen LogP contribution is 2.45. The number of amides is 1. The zero-order valence-electron chi connectivity index (χ0n) is 24.2. The number of thioether (sulfide) groups is 2. The van der Waals surface area contributed by atoms with Gasteiger partial charge in [-0.25, -0.2) is 0 Å². The van der Waals surface area contributed by atoms with Gasteiger partial charge in [-0.05, 0) is 61.0 Å². The van der Waals surface area contributed by atoms with Crippen molar-refractivity contribution in [3.05, 3.63) is 23.3 Å². The summed E-state index contributed by atoms with van der Waals surface area (Å²) in [5, 5.41) is 12.1. The molecule has 1 N–H and O–H groups in total. The molecule has 0 spiro atoms. The van der Waals surface area contributed by atoms with E-state index in [2.05, 4.69) is 72.4 Å². The molecule has 1 saturated heterocycles. The normalized spacial score (nSPS) is 25.7. The van der Waals surface area contributed by atoms with E-state index in [1.807, 2.05) is 23.5 Å². The summed E-state index contributed by atoms with van der Waals surface area (Å²) in [7, 11) is 0. The molecule has 204 valence electrons. The molecule has 0 aromatic heterocycles. The Labute approximate surface area is 230 Å². The number of phenols is 1. The van der Waals surface area contributed by atoms with E-state index in [1.165, 1.54) is 43.4 Å². The SMILES string of the molecule is CC[C@@H]1CCCN(C(=O)CSC2CCCCC2Sc2cc(C(C)(C)C)c(O)c(C(C)(C)C)c2)[C@H]1CC. The van der Waals surface area contributed by atoms with Crippen LogP contribution in [0.25, 0.3) is 0 Å². The summed E-state index contributed by atoms with van der Waals surface area (Å²) in [4.78, 5) is 16.8. The van der Waals surface area contributed by atoms with Crippen molar-refractivity contribution in [2.45, 2.75) is 139 Å². The van der Waals surface area contributed by atoms with Gasteiger partial charge in [0.15, 0.2) is 0 Å². The molecule has 1 amide bonds. The summed E-state index contributed by atoms with van der Waals surface area (Å²) in [6.45, 7) is 18.6. The minimum Gasteiger partial charge on any atom is -0.507 e. The fourth-order valence-electron chi connectivity index (χ4n) is 6.12. The molecule has 2 fully saturated rings. The second-order valence-electron chi connectivity index (χ2n) is 13.0. The summed E-state index contributed by atoms with van der Waals surface area (Å²) in [5.74, 6) is 2.09. The molecule has 36 heavy (non-hydrogen) atoms. The van der Waals surface area contributed by atoms with Gasteiger partial charge in [0.2, 0.25) is 5.91 Å². The van der Waals surface area contributed by atoms with Crippen molar-refractivity contribution in [2.24, 2.45) is 5.92 Å². The van der Waals surface area contributed by atoms with Gasteiger partial charge >= 0.3 is 0 Å². The summed E-state index contributed by atoms with van der Waals surface area (Å²) in [6, 6.07) is 4.87. The molecule has 1 saturated carbocycles. The van der Waals surface area contributed by atoms with Crippen molar-refractivity contribution in [1.29, 1.82) is 0 Å². The van der Waals surface area contributed by atoms with Crippen LogP contribution < -0.4 is 0 Å². The number of hydrogen-bond acceptors (Lipinski definition) is 4. The van der Waals surface area contributed by atoms with Gasteiger partial charge in [-0.15, -0.1) is 23.5 Å². The van der Waals surface area contributed by atoms with Crippen LogP contribution in [0.2, 0.25) is 0 Å². The lowest BCUT2D eigenvalue weighted by atomic mass is 9.79. The van der Waals surface area contributed by atoms with Crippen LogP contribution in [0.3, 0.4) is 0 Å². The van der Waals surface area contributed by atoms with Crippen LogP contribution in [0.15, 0.2) is 17.0 Å². The van der Waals surface area contributed by atoms with Crippen LogP contribution in [0.5, 0.6) is 5.75 Å². The number of carbonyl (C=O) groups excluding carboxylic acids is 1. The van der Waals surface area contributed by atoms with Crippen molar-refractivity contribution in [3.8, 4) is 5.75 Å². The van der Waals surface area contributed by atoms with Crippen molar-refractivity contribution < 1.29 is 9.90 Å². The van der Waals surface area contributed by atoms with Gasteiger partial charge in [-0.3, -0.25) is 4.79 Å². The second kappa shape index (κ2) is 12.4. The number of piperidine rings is 1. The average Bonchev–Trinajstić information content (AvgIpc) is 2.82. The Balaban J connectivity index is 1.75. The molecule has 2 aliphatic rings. The lowest BCUT2D eigenvalue weighted by Gasteiger charge is -2.41. The number of phenolic OH excluding ortho intramolecular Hbond substituents is 1. The molecule has 1 aromatic rings. The lowest BCUT2D eigenvalue weighted by Crippen LogP contribution is -2.49. The van der Waals surface area contributed by atoms with E-state index in [-0.39, 0.29) is 10.8 Å². The summed E-state index contributed by atoms with van der Waals surface area (Å²) in [6.07, 6.45) is 9.60. The topological polar surface area (TPSA) is 40.5 Å². The van der Waals surface area contributed by atoms with Gasteiger partial charge in [0, 0.05) is 39.1 Å². The van der Waals surface area contributed by atoms with E-state index in [0.29, 0.717) is 39.9 Å². The number of benzene rings is 1. The van der Waals surface area contributed by atoms with Gasteiger partial charge < -0.3 is 10.0 Å². The zero-order chi connectivity index (χ0) is 26.7. The minimum atomic E-state index is -0.117. The molecular formula is C31H51NO2S2. The number of aromatic hydroxyl groups is 1. The first kappa shape index (κ1) is 29.7. The largest absolute Gasteiger partial charge is 0.507 e. The fourth-order valence-corrected chi connectivity index (χ4v) is 9.02. The van der Waals surface area contributed by atoms with Crippen molar-refractivity contribution >= 4 is 29.4 Å². The van der Waals surface area contributed by atoms with Gasteiger partial charge in [0.05, 0.1) is 5.75 Å². The van der Waals surface area contributed by atoms with E-state index < -0.39 is 0 Å². The molecule has 0 bridgehead atoms. The smallest absolute Gasteiger partial charge is 0.232 e. The molecule has 5 heteroatoms. The standard InChI is InChI=1S/C31H51NO2S2/c1-9-21-14-13-17-32(25(21)10-2)28(33)20-35-26-15-11-12-16-27(26)36-22-18-23(30(3,4)5)29(34)24(19-22)31(6,7)8/h18-19,21,25-27,34H,9-17,20H2,1-8H3/t21-,25+,26?,27?/m1/s1. The van der Waals surface area contributed by atoms with Crippen LogP contribution in [-0.2, 0) is 15.6 Å². The quantitative estimate of drug-likeness (QED) is 0.381. The van der Waals surface area contributed by atoms with E-state index in [4.69, 9.17) is 0 Å². The van der Waals surface area contributed by atoms with Crippen LogP contribution in [0.1, 0.15) is 118 Å². The number of hydrogen-bond donors (Lipinski definition) is 1. The third-order valence-corrected chi connectivity index (χ3v) is 11.2. The number of carbonyl (C=O) groups is 1. The first-order valence-corrected chi connectivity index (χ1v) is 16.2. The molecule has 1 aliphatic heterocycles. The number of likely N-dealkylation sites (tertiary alicyclic amines) is 1. The highest BCUT2D eigenvalue weighted by molar-refractivity contribution is 8.04. The van der Waals surface area contributed by atoms with E-state index >= 15 is 0 Å². The predicted octanol–water partition coefficient (Wildman–Crippen LogP) is 8.55. The van der Waals surface area contributed by atoms with Crippen LogP contribution >= 0.6 is 23.5 Å². The first-order valence-electron chi connectivity index (χ1n) is 14.3. The Morgan fingerprint density at radius 3 is 2.03 bits per heavy atom. The Morgan fingerprint density at radius 1 is 0.917 bits per heavy atom. The molecule has 1 aliphatic carbocycles. The van der Waals surface area contributed by atoms with E-state index in [0.717, 1.165) is 30.5 Å². The first-order chi connectivity index (χ1) is 16.9. The molecule has 2 unspecified atom stereocenters. The van der Waals surface area contributed by atoms with Crippen molar-refractivity contribution in [1.82, 2.24) is 4.90 Å². The maximum absolute atomic E-state index is 13.4. The third-order valence-electron chi connectivity index (χ3n) is 8.23. The van der Waals surface area contributed by atoms with E-state index in [9.17, 15) is 9.90 Å². The Bertz CT molecular complexity index is 851. The Kier molecular flexibility index (Phi) is 10.2. The molecule has 4 atom stereocenters. The molecule has 1 heterocycles. The fraction of sp³-hybridized carbons (Fsp3) is 0.774. The summed E-state index contributed by atoms with van der Waals surface area (Å²) in [5.41, 5.74) is 1.84. The summed E-state index contributed by atoms with van der Waals surface area (Å²) < 4.78 is 0. The monoisotopic (exact) mass is 533 g/mol. The highest BCUT2D eigenvalue weighted by atomic mass is 32.2. The van der Waals surface area contributed by atoms with Crippen LogP contribution in [0.4, 0.5) is 0 Å². The maximum Gasteiger partial charge on any atom is 0.232 e. The zero-order valence-corrected chi connectivity index (χ0v) is 25.8. The van der Waals surface area contributed by atoms with E-state index in [1.54, 1.807) is 0 Å². The highest BCUT2D eigenvalue weighted by Gasteiger charge is 2.34. The van der Waals surface area contributed by atoms with Gasteiger partial charge in [-0.1, -0.05) is 74.7 Å².